The molecule has 8 bridgehead atoms. The van der Waals surface area contributed by atoms with Gasteiger partial charge >= 0.3 is 48.6 Å². The molecule has 282 valence electrons. The Balaban J connectivity index is 0.000000399. The summed E-state index contributed by atoms with van der Waals surface area (Å²) in [6.45, 7) is 0. The summed E-state index contributed by atoms with van der Waals surface area (Å²) in [5, 5.41) is 28.5. The van der Waals surface area contributed by atoms with Crippen LogP contribution in [0.2, 0.25) is 0 Å². The SMILES string of the molecule is C1=Cc2cc3ccc(cc4ccc(cc5nc(cc1n2)C=C5)[nH]4)[nH]3.O=C(O)C(F)(F)F.O=C(O)C(F)(F)F.O=C(O)C(F)(F)F.O=C(O)C(F)(F)F. The van der Waals surface area contributed by atoms with Crippen LogP contribution in [0.5, 0.6) is 0 Å². The highest BCUT2D eigenvalue weighted by Crippen LogP contribution is 2.18. The van der Waals surface area contributed by atoms with Crippen molar-refractivity contribution in [2.45, 2.75) is 24.7 Å². The predicted molar refractivity (Wildman–Crippen MR) is 154 cm³/mol. The molecule has 12 nitrogen and oxygen atoms in total. The van der Waals surface area contributed by atoms with Crippen molar-refractivity contribution in [3.8, 4) is 0 Å². The molecule has 0 unspecified atom stereocenters. The van der Waals surface area contributed by atoms with Crippen LogP contribution in [0, 0.1) is 0 Å². The standard InChI is InChI=1S/C20H14N4.4C2HF3O2/c1-2-14-10-16-5-6-18(23-16)12-20-8-7-19(24-20)11-17-4-3-15(22-17)9-13(1)21-14;4*3-2(4,5)1(6)7/h1-12,21-22H;4*(H,6,7). The third-order valence-electron chi connectivity index (χ3n) is 5.01. The zero-order valence-corrected chi connectivity index (χ0v) is 24.8. The molecule has 0 radical (unpaired) electrons. The minimum Gasteiger partial charge on any atom is -0.475 e. The number of H-pyrrole nitrogens is 2. The van der Waals surface area contributed by atoms with Gasteiger partial charge in [0.2, 0.25) is 0 Å². The van der Waals surface area contributed by atoms with Crippen molar-refractivity contribution in [3.05, 3.63) is 71.3 Å². The minimum atomic E-state index is -5.08. The third-order valence-corrected chi connectivity index (χ3v) is 5.01. The van der Waals surface area contributed by atoms with E-state index in [-0.39, 0.29) is 0 Å². The third kappa shape index (κ3) is 16.4. The number of nitrogens with one attached hydrogen (secondary N) is 2. The van der Waals surface area contributed by atoms with E-state index in [1.165, 1.54) is 0 Å². The minimum absolute atomic E-state index is 0.915. The second-order valence-electron chi connectivity index (χ2n) is 9.12. The molecule has 6 N–H and O–H groups in total. The first-order valence-electron chi connectivity index (χ1n) is 12.8. The first kappa shape index (κ1) is 43.7. The number of hydrogen-bond donors (Lipinski definition) is 6. The van der Waals surface area contributed by atoms with Gasteiger partial charge in [-0.2, -0.15) is 52.7 Å². The Morgan fingerprint density at radius 1 is 0.404 bits per heavy atom. The summed E-state index contributed by atoms with van der Waals surface area (Å²) in [7, 11) is 0. The number of carboxylic acids is 4. The van der Waals surface area contributed by atoms with Crippen LogP contribution >= 0.6 is 0 Å². The van der Waals surface area contributed by atoms with E-state index in [0.717, 1.165) is 44.8 Å². The second-order valence-corrected chi connectivity index (χ2v) is 9.12. The normalized spacial score (nSPS) is 11.9. The van der Waals surface area contributed by atoms with E-state index in [1.807, 2.05) is 42.5 Å². The van der Waals surface area contributed by atoms with Gasteiger partial charge < -0.3 is 30.4 Å². The molecule has 5 heterocycles. The van der Waals surface area contributed by atoms with E-state index >= 15 is 0 Å². The molecular weight excluding hydrogens is 748 g/mol. The van der Waals surface area contributed by atoms with Crippen molar-refractivity contribution >= 4 is 70.2 Å². The molecule has 0 saturated heterocycles. The fourth-order valence-electron chi connectivity index (χ4n) is 2.94. The highest BCUT2D eigenvalue weighted by Gasteiger charge is 2.40. The molecule has 0 spiro atoms. The highest BCUT2D eigenvalue weighted by molar-refractivity contribution is 5.78. The van der Waals surface area contributed by atoms with Crippen molar-refractivity contribution in [2.24, 2.45) is 0 Å². The number of nitrogens with zero attached hydrogens (tertiary/aromatic N) is 2. The number of rotatable bonds is 0. The monoisotopic (exact) mass is 766 g/mol. The molecule has 0 atom stereocenters. The molecule has 2 aliphatic heterocycles. The van der Waals surface area contributed by atoms with Gasteiger partial charge in [-0.1, -0.05) is 0 Å². The lowest BCUT2D eigenvalue weighted by atomic mass is 10.3. The number of aromatic amines is 2. The molecule has 24 heteroatoms. The fourth-order valence-corrected chi connectivity index (χ4v) is 2.94. The number of fused-ring (bicyclic) bond motifs is 8. The maximum atomic E-state index is 10.6. The van der Waals surface area contributed by atoms with E-state index in [0.29, 0.717) is 0 Å². The first-order chi connectivity index (χ1) is 23.6. The van der Waals surface area contributed by atoms with Crippen LogP contribution < -0.4 is 0 Å². The Labute approximate surface area is 279 Å². The lowest BCUT2D eigenvalue weighted by molar-refractivity contribution is -0.193. The molecule has 3 aromatic rings. The summed E-state index contributed by atoms with van der Waals surface area (Å²) in [6, 6.07) is 16.4. The average Bonchev–Trinajstić information content (AvgIpc) is 3.79. The number of alkyl halides is 12. The van der Waals surface area contributed by atoms with Crippen LogP contribution in [0.25, 0.3) is 46.4 Å². The van der Waals surface area contributed by atoms with Crippen LogP contribution in [0.3, 0.4) is 0 Å². The van der Waals surface area contributed by atoms with E-state index in [2.05, 4.69) is 50.3 Å². The molecule has 5 rings (SSSR count). The van der Waals surface area contributed by atoms with Gasteiger partial charge in [-0.3, -0.25) is 0 Å². The molecule has 0 fully saturated rings. The molecule has 52 heavy (non-hydrogen) atoms. The second kappa shape index (κ2) is 17.5. The lowest BCUT2D eigenvalue weighted by Crippen LogP contribution is -2.21. The maximum absolute atomic E-state index is 10.6. The smallest absolute Gasteiger partial charge is 0.475 e. The van der Waals surface area contributed by atoms with Crippen LogP contribution in [0.15, 0.2) is 48.5 Å². The van der Waals surface area contributed by atoms with E-state index in [9.17, 15) is 52.7 Å². The Hall–Kier alpha value is -6.36. The summed E-state index contributed by atoms with van der Waals surface area (Å²) in [6.07, 6.45) is -12.3. The number of aromatic nitrogens is 4. The number of carbonyl (C=O) groups is 4. The fraction of sp³-hybridized carbons (Fsp3) is 0.143. The molecule has 2 aliphatic rings. The Morgan fingerprint density at radius 3 is 0.808 bits per heavy atom. The van der Waals surface area contributed by atoms with Crippen molar-refractivity contribution in [1.29, 1.82) is 0 Å². The summed E-state index contributed by atoms with van der Waals surface area (Å²) in [5.74, 6) is -11.0. The summed E-state index contributed by atoms with van der Waals surface area (Å²) in [4.78, 5) is 51.6. The van der Waals surface area contributed by atoms with Gasteiger partial charge in [0.25, 0.3) is 0 Å². The summed E-state index contributed by atoms with van der Waals surface area (Å²) in [5.41, 5.74) is 7.86. The number of hydrogen-bond acceptors (Lipinski definition) is 6. The summed E-state index contributed by atoms with van der Waals surface area (Å²) < 4.78 is 127. The van der Waals surface area contributed by atoms with Crippen LogP contribution in [-0.4, -0.2) is 88.9 Å². The lowest BCUT2D eigenvalue weighted by Gasteiger charge is -1.93. The molecule has 0 amide bonds. The van der Waals surface area contributed by atoms with Crippen molar-refractivity contribution in [2.75, 3.05) is 0 Å². The zero-order chi connectivity index (χ0) is 40.2. The number of halogens is 12. The molecule has 3 aromatic heterocycles. The van der Waals surface area contributed by atoms with Crippen LogP contribution in [0.4, 0.5) is 52.7 Å². The van der Waals surface area contributed by atoms with Gasteiger partial charge in [0, 0.05) is 22.1 Å². The van der Waals surface area contributed by atoms with Gasteiger partial charge in [-0.25, -0.2) is 29.1 Å². The van der Waals surface area contributed by atoms with E-state index in [4.69, 9.17) is 39.6 Å². The van der Waals surface area contributed by atoms with Gasteiger partial charge in [0.1, 0.15) is 0 Å². The van der Waals surface area contributed by atoms with Gasteiger partial charge in [-0.05, 0) is 72.8 Å². The number of carboxylic acid groups (broad SMARTS) is 4. The van der Waals surface area contributed by atoms with E-state index in [1.54, 1.807) is 0 Å². The molecule has 0 aromatic carbocycles. The molecule has 0 saturated carbocycles. The number of aliphatic carboxylic acids is 4. The Bertz CT molecular complexity index is 1790. The topological polar surface area (TPSA) is 207 Å². The van der Waals surface area contributed by atoms with Crippen LogP contribution in [-0.2, 0) is 19.2 Å². The first-order valence-corrected chi connectivity index (χ1v) is 12.8. The van der Waals surface area contributed by atoms with Gasteiger partial charge in [0.05, 0.1) is 22.8 Å². The quantitative estimate of drug-likeness (QED) is 0.0875. The highest BCUT2D eigenvalue weighted by atomic mass is 19.4. The predicted octanol–water partition coefficient (Wildman–Crippen LogP) is 7.19. The Morgan fingerprint density at radius 2 is 0.596 bits per heavy atom. The average molecular weight is 766 g/mol. The molecular formula is C28H18F12N4O8. The van der Waals surface area contributed by atoms with Crippen molar-refractivity contribution < 1.29 is 92.3 Å². The molecule has 0 aliphatic carbocycles. The largest absolute Gasteiger partial charge is 0.490 e. The summed E-state index contributed by atoms with van der Waals surface area (Å²) >= 11 is 0. The maximum Gasteiger partial charge on any atom is 0.490 e. The van der Waals surface area contributed by atoms with E-state index < -0.39 is 48.6 Å². The van der Waals surface area contributed by atoms with Crippen LogP contribution in [0.1, 0.15) is 22.8 Å². The van der Waals surface area contributed by atoms with Crippen molar-refractivity contribution in [3.63, 3.8) is 0 Å². The van der Waals surface area contributed by atoms with Crippen molar-refractivity contribution in [1.82, 2.24) is 19.9 Å². The van der Waals surface area contributed by atoms with Gasteiger partial charge in [-0.15, -0.1) is 0 Å². The van der Waals surface area contributed by atoms with Gasteiger partial charge in [0.15, 0.2) is 0 Å². The zero-order valence-electron chi connectivity index (χ0n) is 24.8. The Kier molecular flexibility index (Phi) is 14.7.